The molecule has 0 atom stereocenters. The van der Waals surface area contributed by atoms with Gasteiger partial charge in [0.05, 0.1) is 11.9 Å². The second-order valence-electron chi connectivity index (χ2n) is 2.15. The molecule has 0 radical (unpaired) electrons. The molecule has 0 amide bonds. The highest BCUT2D eigenvalue weighted by atomic mass is 32.1. The van der Waals surface area contributed by atoms with Crippen LogP contribution < -0.4 is 0 Å². The topological polar surface area (TPSA) is 42.2 Å². The van der Waals surface area contributed by atoms with Gasteiger partial charge in [-0.2, -0.15) is 0 Å². The van der Waals surface area contributed by atoms with Crippen LogP contribution in [0.5, 0.6) is 5.88 Å². The molecule has 0 saturated carbocycles. The monoisotopic (exact) mass is 189 g/mol. The van der Waals surface area contributed by atoms with Crippen LogP contribution >= 0.6 is 23.6 Å². The number of nitrogens with zero attached hydrogens (tertiary/aromatic N) is 1. The highest BCUT2D eigenvalue weighted by Crippen LogP contribution is 2.16. The Kier molecular flexibility index (Phi) is 2.41. The fourth-order valence-corrected chi connectivity index (χ4v) is 1.61. The Morgan fingerprint density at radius 2 is 2.55 bits per heavy atom. The first-order valence-electron chi connectivity index (χ1n) is 2.98. The third-order valence-electron chi connectivity index (χ3n) is 1.14. The third-order valence-corrected chi connectivity index (χ3v) is 2.40. The number of rotatable bonds is 2. The minimum absolute atomic E-state index is 0.0187. The van der Waals surface area contributed by atoms with Crippen molar-refractivity contribution in [2.75, 3.05) is 0 Å². The van der Waals surface area contributed by atoms with E-state index in [0.717, 1.165) is 0 Å². The SMILES string of the molecule is CC(=O)Cn1c(O)csc1=S. The second-order valence-corrected chi connectivity index (χ2v) is 3.65. The predicted octanol–water partition coefficient (Wildman–Crippen LogP) is 1.57. The number of aromatic nitrogens is 1. The molecular weight excluding hydrogens is 182 g/mol. The van der Waals surface area contributed by atoms with E-state index in [1.54, 1.807) is 0 Å². The van der Waals surface area contributed by atoms with E-state index in [1.807, 2.05) is 0 Å². The van der Waals surface area contributed by atoms with Crippen molar-refractivity contribution in [1.82, 2.24) is 4.57 Å². The van der Waals surface area contributed by atoms with Crippen LogP contribution in [0.3, 0.4) is 0 Å². The van der Waals surface area contributed by atoms with Gasteiger partial charge in [0.15, 0.2) is 3.95 Å². The van der Waals surface area contributed by atoms with Crippen LogP contribution in [0.15, 0.2) is 5.38 Å². The highest BCUT2D eigenvalue weighted by Gasteiger charge is 2.03. The van der Waals surface area contributed by atoms with Crippen molar-refractivity contribution in [3.8, 4) is 5.88 Å². The van der Waals surface area contributed by atoms with Crippen molar-refractivity contribution in [2.24, 2.45) is 0 Å². The van der Waals surface area contributed by atoms with Gasteiger partial charge in [-0.25, -0.2) is 0 Å². The summed E-state index contributed by atoms with van der Waals surface area (Å²) in [7, 11) is 0. The Bertz CT molecular complexity index is 326. The average molecular weight is 189 g/mol. The Morgan fingerprint density at radius 1 is 1.91 bits per heavy atom. The van der Waals surface area contributed by atoms with E-state index in [-0.39, 0.29) is 18.2 Å². The third kappa shape index (κ3) is 1.87. The number of ketones is 1. The maximum absolute atomic E-state index is 10.6. The van der Waals surface area contributed by atoms with Crippen molar-refractivity contribution in [3.05, 3.63) is 9.33 Å². The first-order chi connectivity index (χ1) is 5.11. The summed E-state index contributed by atoms with van der Waals surface area (Å²) in [6.07, 6.45) is 0. The fourth-order valence-electron chi connectivity index (χ4n) is 0.692. The Hall–Kier alpha value is -0.680. The van der Waals surface area contributed by atoms with E-state index in [2.05, 4.69) is 0 Å². The molecule has 11 heavy (non-hydrogen) atoms. The van der Waals surface area contributed by atoms with E-state index in [0.29, 0.717) is 3.95 Å². The van der Waals surface area contributed by atoms with Crippen LogP contribution in [0.1, 0.15) is 6.92 Å². The van der Waals surface area contributed by atoms with Crippen molar-refractivity contribution in [1.29, 1.82) is 0 Å². The van der Waals surface area contributed by atoms with Crippen molar-refractivity contribution in [3.63, 3.8) is 0 Å². The van der Waals surface area contributed by atoms with Crippen LogP contribution in [0.25, 0.3) is 0 Å². The van der Waals surface area contributed by atoms with Crippen LogP contribution in [0, 0.1) is 3.95 Å². The quantitative estimate of drug-likeness (QED) is 0.718. The molecule has 0 bridgehead atoms. The van der Waals surface area contributed by atoms with Gasteiger partial charge in [0.2, 0.25) is 5.88 Å². The molecule has 1 aromatic heterocycles. The maximum atomic E-state index is 10.6. The molecule has 1 heterocycles. The van der Waals surface area contributed by atoms with Crippen LogP contribution in [0.2, 0.25) is 0 Å². The normalized spacial score (nSPS) is 9.91. The standard InChI is InChI=1S/C6H7NO2S2/c1-4(8)2-7-5(9)3-11-6(7)10/h3,9H,2H2,1H3. The van der Waals surface area contributed by atoms with Crippen molar-refractivity contribution >= 4 is 29.3 Å². The molecule has 1 rings (SSSR count). The molecule has 1 aromatic rings. The summed E-state index contributed by atoms with van der Waals surface area (Å²) in [6.45, 7) is 1.62. The number of thiazole rings is 1. The van der Waals surface area contributed by atoms with Gasteiger partial charge in [-0.05, 0) is 19.1 Å². The van der Waals surface area contributed by atoms with E-state index < -0.39 is 0 Å². The van der Waals surface area contributed by atoms with E-state index >= 15 is 0 Å². The van der Waals surface area contributed by atoms with Gasteiger partial charge in [0.25, 0.3) is 0 Å². The van der Waals surface area contributed by atoms with Crippen molar-refractivity contribution in [2.45, 2.75) is 13.5 Å². The molecule has 1 N–H and O–H groups in total. The van der Waals surface area contributed by atoms with Gasteiger partial charge in [-0.3, -0.25) is 9.36 Å². The smallest absolute Gasteiger partial charge is 0.203 e. The number of aromatic hydroxyl groups is 1. The van der Waals surface area contributed by atoms with Crippen LogP contribution in [-0.4, -0.2) is 15.5 Å². The summed E-state index contributed by atoms with van der Waals surface area (Å²) < 4.78 is 1.93. The number of hydrogen-bond donors (Lipinski definition) is 1. The summed E-state index contributed by atoms with van der Waals surface area (Å²) in [5.74, 6) is 0.0463. The summed E-state index contributed by atoms with van der Waals surface area (Å²) in [6, 6.07) is 0. The highest BCUT2D eigenvalue weighted by molar-refractivity contribution is 7.73. The molecule has 60 valence electrons. The van der Waals surface area contributed by atoms with Gasteiger partial charge in [-0.1, -0.05) is 0 Å². The van der Waals surface area contributed by atoms with Crippen LogP contribution in [0.4, 0.5) is 0 Å². The minimum Gasteiger partial charge on any atom is -0.494 e. The molecule has 0 fully saturated rings. The molecule has 0 aliphatic rings. The van der Waals surface area contributed by atoms with Gasteiger partial charge >= 0.3 is 0 Å². The molecular formula is C6H7NO2S2. The minimum atomic E-state index is -0.0187. The Morgan fingerprint density at radius 3 is 2.91 bits per heavy atom. The van der Waals surface area contributed by atoms with Crippen LogP contribution in [-0.2, 0) is 11.3 Å². The first-order valence-corrected chi connectivity index (χ1v) is 4.27. The lowest BCUT2D eigenvalue weighted by atomic mass is 10.4. The van der Waals surface area contributed by atoms with E-state index in [9.17, 15) is 4.79 Å². The number of hydrogen-bond acceptors (Lipinski definition) is 4. The zero-order valence-corrected chi connectivity index (χ0v) is 7.54. The second kappa shape index (κ2) is 3.15. The average Bonchev–Trinajstić information content (AvgIpc) is 2.18. The zero-order valence-electron chi connectivity index (χ0n) is 5.90. The predicted molar refractivity (Wildman–Crippen MR) is 45.5 cm³/mol. The molecule has 0 saturated heterocycles. The fraction of sp³-hybridized carbons (Fsp3) is 0.333. The summed E-state index contributed by atoms with van der Waals surface area (Å²) in [5.41, 5.74) is 0. The maximum Gasteiger partial charge on any atom is 0.203 e. The number of carbonyl (C=O) groups is 1. The lowest BCUT2D eigenvalue weighted by Gasteiger charge is -1.98. The van der Waals surface area contributed by atoms with E-state index in [4.69, 9.17) is 17.3 Å². The number of carbonyl (C=O) groups excluding carboxylic acids is 1. The first kappa shape index (κ1) is 8.42. The molecule has 3 nitrogen and oxygen atoms in total. The molecule has 5 heteroatoms. The van der Waals surface area contributed by atoms with Crippen molar-refractivity contribution < 1.29 is 9.90 Å². The van der Waals surface area contributed by atoms with E-state index in [1.165, 1.54) is 28.2 Å². The van der Waals surface area contributed by atoms with Gasteiger partial charge in [0, 0.05) is 0 Å². The largest absolute Gasteiger partial charge is 0.494 e. The zero-order chi connectivity index (χ0) is 8.43. The lowest BCUT2D eigenvalue weighted by Crippen LogP contribution is -2.04. The lowest BCUT2D eigenvalue weighted by molar-refractivity contribution is -0.117. The Labute approximate surface area is 72.9 Å². The molecule has 0 aliphatic heterocycles. The summed E-state index contributed by atoms with van der Waals surface area (Å²) in [4.78, 5) is 10.6. The van der Waals surface area contributed by atoms with Gasteiger partial charge in [0.1, 0.15) is 5.78 Å². The molecule has 0 aliphatic carbocycles. The summed E-state index contributed by atoms with van der Waals surface area (Å²) >= 11 is 6.11. The molecule has 0 unspecified atom stereocenters. The molecule has 0 spiro atoms. The Balaban J connectivity index is 3.01. The van der Waals surface area contributed by atoms with Gasteiger partial charge < -0.3 is 5.11 Å². The molecule has 0 aromatic carbocycles. The van der Waals surface area contributed by atoms with Gasteiger partial charge in [-0.15, -0.1) is 11.3 Å². The summed E-state index contributed by atoms with van der Waals surface area (Å²) in [5, 5.41) is 10.7. The number of Topliss-reactive ketones (excluding diaryl/α,β-unsaturated/α-hetero) is 1.